The van der Waals surface area contributed by atoms with Gasteiger partial charge in [0.25, 0.3) is 0 Å². The second-order valence-electron chi connectivity index (χ2n) is 5.13. The highest BCUT2D eigenvalue weighted by atomic mass is 16.4. The number of nitrogens with one attached hydrogen (secondary N) is 2. The van der Waals surface area contributed by atoms with Crippen LogP contribution in [0.5, 0.6) is 0 Å². The van der Waals surface area contributed by atoms with Crippen LogP contribution in [0.25, 0.3) is 0 Å². The molecule has 2 aromatic heterocycles. The number of aryl methyl sites for hydroxylation is 1. The third-order valence-corrected chi connectivity index (χ3v) is 3.70. The molecule has 2 aromatic rings. The Morgan fingerprint density at radius 2 is 2.10 bits per heavy atom. The minimum absolute atomic E-state index is 0.0609. The monoisotopic (exact) mass is 287 g/mol. The van der Waals surface area contributed by atoms with E-state index in [1.54, 1.807) is 0 Å². The van der Waals surface area contributed by atoms with Gasteiger partial charge in [0.15, 0.2) is 5.69 Å². The lowest BCUT2D eigenvalue weighted by Crippen LogP contribution is -2.07. The number of rotatable bonds is 4. The molecular weight excluding hydrogens is 270 g/mol. The molecule has 0 radical (unpaired) electrons. The van der Waals surface area contributed by atoms with Crippen LogP contribution in [0, 0.1) is 0 Å². The van der Waals surface area contributed by atoms with E-state index in [0.29, 0.717) is 12.4 Å². The number of anilines is 1. The van der Waals surface area contributed by atoms with Gasteiger partial charge in [0.05, 0.1) is 24.6 Å². The van der Waals surface area contributed by atoms with E-state index in [9.17, 15) is 4.79 Å². The Labute approximate surface area is 121 Å². The summed E-state index contributed by atoms with van der Waals surface area (Å²) in [6, 6.07) is 0. The van der Waals surface area contributed by atoms with Gasteiger partial charge < -0.3 is 10.4 Å². The summed E-state index contributed by atoms with van der Waals surface area (Å²) in [5, 5.41) is 19.4. The van der Waals surface area contributed by atoms with E-state index in [1.165, 1.54) is 42.9 Å². The van der Waals surface area contributed by atoms with E-state index >= 15 is 0 Å². The maximum absolute atomic E-state index is 10.7. The van der Waals surface area contributed by atoms with E-state index in [2.05, 4.69) is 25.5 Å². The number of H-pyrrole nitrogens is 1. The summed E-state index contributed by atoms with van der Waals surface area (Å²) in [5.74, 6) is -0.531. The van der Waals surface area contributed by atoms with Gasteiger partial charge in [-0.3, -0.25) is 5.10 Å². The Balaban J connectivity index is 1.67. The fourth-order valence-electron chi connectivity index (χ4n) is 2.58. The molecule has 0 fully saturated rings. The molecule has 7 nitrogen and oxygen atoms in total. The molecule has 110 valence electrons. The fourth-order valence-corrected chi connectivity index (χ4v) is 2.58. The Bertz CT molecular complexity index is 635. The van der Waals surface area contributed by atoms with Crippen molar-refractivity contribution < 1.29 is 9.90 Å². The van der Waals surface area contributed by atoms with Crippen molar-refractivity contribution >= 4 is 11.8 Å². The first-order valence-corrected chi connectivity index (χ1v) is 7.08. The SMILES string of the molecule is O=C(O)c1cnc(NCc2n[nH]c3c2CCCCC3)cn1. The molecule has 7 heteroatoms. The van der Waals surface area contributed by atoms with Crippen molar-refractivity contribution in [3.63, 3.8) is 0 Å². The number of carbonyl (C=O) groups is 1. The Morgan fingerprint density at radius 1 is 1.24 bits per heavy atom. The molecule has 0 unspecified atom stereocenters. The predicted molar refractivity (Wildman–Crippen MR) is 76.2 cm³/mol. The summed E-state index contributed by atoms with van der Waals surface area (Å²) >= 11 is 0. The number of fused-ring (bicyclic) bond motifs is 1. The van der Waals surface area contributed by atoms with Gasteiger partial charge >= 0.3 is 5.97 Å². The number of aromatic amines is 1. The molecule has 1 aliphatic carbocycles. The average molecular weight is 287 g/mol. The van der Waals surface area contributed by atoms with Crippen LogP contribution < -0.4 is 5.32 Å². The van der Waals surface area contributed by atoms with Gasteiger partial charge in [-0.05, 0) is 31.2 Å². The molecule has 0 saturated heterocycles. The molecule has 3 rings (SSSR count). The molecule has 21 heavy (non-hydrogen) atoms. The Hall–Kier alpha value is -2.44. The van der Waals surface area contributed by atoms with Gasteiger partial charge in [0, 0.05) is 5.69 Å². The topological polar surface area (TPSA) is 104 Å². The Kier molecular flexibility index (Phi) is 3.81. The molecule has 0 spiro atoms. The zero-order valence-electron chi connectivity index (χ0n) is 11.6. The van der Waals surface area contributed by atoms with E-state index < -0.39 is 5.97 Å². The van der Waals surface area contributed by atoms with E-state index in [-0.39, 0.29) is 5.69 Å². The minimum Gasteiger partial charge on any atom is -0.476 e. The highest BCUT2D eigenvalue weighted by Crippen LogP contribution is 2.22. The van der Waals surface area contributed by atoms with Crippen LogP contribution in [0.15, 0.2) is 12.4 Å². The predicted octanol–water partition coefficient (Wildman–Crippen LogP) is 1.78. The summed E-state index contributed by atoms with van der Waals surface area (Å²) in [6.07, 6.45) is 8.47. The highest BCUT2D eigenvalue weighted by Gasteiger charge is 2.15. The summed E-state index contributed by atoms with van der Waals surface area (Å²) in [7, 11) is 0. The Morgan fingerprint density at radius 3 is 2.86 bits per heavy atom. The zero-order chi connectivity index (χ0) is 14.7. The number of hydrogen-bond acceptors (Lipinski definition) is 5. The van der Waals surface area contributed by atoms with Gasteiger partial charge in [-0.25, -0.2) is 14.8 Å². The molecule has 0 aliphatic heterocycles. The number of hydrogen-bond donors (Lipinski definition) is 3. The van der Waals surface area contributed by atoms with Crippen LogP contribution in [0.4, 0.5) is 5.82 Å². The number of aromatic nitrogens is 4. The van der Waals surface area contributed by atoms with Gasteiger partial charge in [-0.2, -0.15) is 5.10 Å². The van der Waals surface area contributed by atoms with Gasteiger partial charge in [-0.1, -0.05) is 6.42 Å². The molecule has 0 atom stereocenters. The van der Waals surface area contributed by atoms with Crippen molar-refractivity contribution in [3.8, 4) is 0 Å². The lowest BCUT2D eigenvalue weighted by molar-refractivity contribution is 0.0690. The van der Waals surface area contributed by atoms with Crippen LogP contribution in [-0.2, 0) is 19.4 Å². The third-order valence-electron chi connectivity index (χ3n) is 3.70. The number of nitrogens with zero attached hydrogens (tertiary/aromatic N) is 3. The molecule has 0 aromatic carbocycles. The molecular formula is C14H17N5O2. The van der Waals surface area contributed by atoms with Crippen LogP contribution in [0.2, 0.25) is 0 Å². The second kappa shape index (κ2) is 5.90. The number of aromatic carboxylic acids is 1. The van der Waals surface area contributed by atoms with Crippen molar-refractivity contribution in [2.45, 2.75) is 38.6 Å². The first-order chi connectivity index (χ1) is 10.2. The maximum atomic E-state index is 10.7. The van der Waals surface area contributed by atoms with Crippen molar-refractivity contribution in [2.24, 2.45) is 0 Å². The van der Waals surface area contributed by atoms with E-state index in [1.807, 2.05) is 0 Å². The van der Waals surface area contributed by atoms with Crippen LogP contribution >= 0.6 is 0 Å². The van der Waals surface area contributed by atoms with Crippen molar-refractivity contribution in [3.05, 3.63) is 35.0 Å². The summed E-state index contributed by atoms with van der Waals surface area (Å²) in [5.41, 5.74) is 3.51. The quantitative estimate of drug-likeness (QED) is 0.740. The summed E-state index contributed by atoms with van der Waals surface area (Å²) in [6.45, 7) is 0.562. The van der Waals surface area contributed by atoms with Crippen LogP contribution in [0.3, 0.4) is 0 Å². The van der Waals surface area contributed by atoms with Gasteiger partial charge in [0.1, 0.15) is 5.82 Å². The van der Waals surface area contributed by atoms with Crippen molar-refractivity contribution in [1.29, 1.82) is 0 Å². The second-order valence-corrected chi connectivity index (χ2v) is 5.13. The zero-order valence-corrected chi connectivity index (χ0v) is 11.6. The first kappa shape index (κ1) is 13.5. The lowest BCUT2D eigenvalue weighted by atomic mass is 10.1. The van der Waals surface area contributed by atoms with Crippen molar-refractivity contribution in [1.82, 2.24) is 20.2 Å². The minimum atomic E-state index is -1.08. The third kappa shape index (κ3) is 3.01. The molecule has 3 N–H and O–H groups in total. The molecule has 2 heterocycles. The summed E-state index contributed by atoms with van der Waals surface area (Å²) in [4.78, 5) is 18.6. The largest absolute Gasteiger partial charge is 0.476 e. The number of carboxylic acids is 1. The fraction of sp³-hybridized carbons (Fsp3) is 0.429. The standard InChI is InChI=1S/C14H17N5O2/c20-14(21)12-7-17-13(8-15-12)16-6-11-9-4-2-1-3-5-10(9)18-19-11/h7-8H,1-6H2,(H,16,17)(H,18,19)(H,20,21). The van der Waals surface area contributed by atoms with Crippen LogP contribution in [-0.4, -0.2) is 31.2 Å². The number of carboxylic acid groups (broad SMARTS) is 1. The molecule has 0 amide bonds. The van der Waals surface area contributed by atoms with E-state index in [0.717, 1.165) is 18.5 Å². The molecule has 1 aliphatic rings. The smallest absolute Gasteiger partial charge is 0.356 e. The highest BCUT2D eigenvalue weighted by molar-refractivity contribution is 5.84. The summed E-state index contributed by atoms with van der Waals surface area (Å²) < 4.78 is 0. The van der Waals surface area contributed by atoms with Gasteiger partial charge in [0.2, 0.25) is 0 Å². The lowest BCUT2D eigenvalue weighted by Gasteiger charge is -2.05. The first-order valence-electron chi connectivity index (χ1n) is 7.08. The van der Waals surface area contributed by atoms with Crippen molar-refractivity contribution in [2.75, 3.05) is 5.32 Å². The average Bonchev–Trinajstić information content (AvgIpc) is 2.72. The maximum Gasteiger partial charge on any atom is 0.356 e. The molecule has 0 bridgehead atoms. The molecule has 0 saturated carbocycles. The normalized spacial score (nSPS) is 14.3. The van der Waals surface area contributed by atoms with Gasteiger partial charge in [-0.15, -0.1) is 0 Å². The van der Waals surface area contributed by atoms with Crippen LogP contribution in [0.1, 0.15) is 46.7 Å². The van der Waals surface area contributed by atoms with E-state index in [4.69, 9.17) is 5.11 Å².